The first kappa shape index (κ1) is 45.8. The molecule has 0 aromatic heterocycles. The lowest BCUT2D eigenvalue weighted by Gasteiger charge is -2.32. The highest BCUT2D eigenvalue weighted by atomic mass is 16.2. The van der Waals surface area contributed by atoms with Gasteiger partial charge in [0.05, 0.1) is 37.3 Å². The van der Waals surface area contributed by atoms with Crippen LogP contribution >= 0.6 is 0 Å². The molecule has 6 amide bonds. The standard InChI is InChI=1S/C42H64N10O6/c1-29(45-3)37(53)47-35(41(57)49-25-15-21-33(49)27-51(43)39(55)31-17-9-7-10-18-31)23-13-5-6-14-24-36(48-38(54)30(2)46-4)42(58)50-26-16-22-34(50)28-52(44)40(56)32-19-11-8-12-20-32/h7-12,17-20,29-30,33-36,45-46H,5-6,13-16,21-28,43-44H2,1-4H3,(H,47,53)(H,48,54)/t29-,30-,33-,34-,35-,36-/m0/s1. The van der Waals surface area contributed by atoms with Crippen LogP contribution in [0.25, 0.3) is 0 Å². The molecule has 2 aromatic carbocycles. The Hall–Kier alpha value is -4.90. The van der Waals surface area contributed by atoms with Crippen LogP contribution in [0.15, 0.2) is 60.7 Å². The van der Waals surface area contributed by atoms with E-state index in [1.54, 1.807) is 86.3 Å². The van der Waals surface area contributed by atoms with E-state index in [2.05, 4.69) is 21.3 Å². The van der Waals surface area contributed by atoms with Gasteiger partial charge in [-0.05, 0) is 90.7 Å². The molecule has 318 valence electrons. The normalized spacial score (nSPS) is 18.5. The smallest absolute Gasteiger partial charge is 0.267 e. The molecule has 0 spiro atoms. The monoisotopic (exact) mass is 805 g/mol. The van der Waals surface area contributed by atoms with Gasteiger partial charge >= 0.3 is 0 Å². The van der Waals surface area contributed by atoms with Crippen LogP contribution in [0.5, 0.6) is 0 Å². The largest absolute Gasteiger partial charge is 0.343 e. The van der Waals surface area contributed by atoms with Crippen molar-refractivity contribution in [1.82, 2.24) is 41.1 Å². The van der Waals surface area contributed by atoms with Crippen LogP contribution in [-0.2, 0) is 19.2 Å². The number of likely N-dealkylation sites (N-methyl/N-ethyl adjacent to an activating group) is 2. The number of hydrogen-bond acceptors (Lipinski definition) is 10. The maximum Gasteiger partial charge on any atom is 0.267 e. The first-order valence-electron chi connectivity index (χ1n) is 20.7. The van der Waals surface area contributed by atoms with Crippen molar-refractivity contribution in [2.24, 2.45) is 11.7 Å². The number of unbranched alkanes of at least 4 members (excludes halogenated alkanes) is 3. The number of carbonyl (C=O) groups is 6. The summed E-state index contributed by atoms with van der Waals surface area (Å²) in [5.41, 5.74) is 0.932. The number of nitrogens with two attached hydrogens (primary N) is 2. The summed E-state index contributed by atoms with van der Waals surface area (Å²) >= 11 is 0. The SMILES string of the molecule is CN[C@@H](C)C(=O)N[C@@H](CCCCCC[C@H](NC(=O)[C@H](C)NC)C(=O)N1CCC[C@H]1CN(N)C(=O)c1ccccc1)C(=O)N1CCC[C@H]1CN(N)C(=O)c1ccccc1. The van der Waals surface area contributed by atoms with Crippen LogP contribution in [0.2, 0.25) is 0 Å². The van der Waals surface area contributed by atoms with E-state index in [9.17, 15) is 28.8 Å². The van der Waals surface area contributed by atoms with Gasteiger partial charge in [0.2, 0.25) is 23.6 Å². The summed E-state index contributed by atoms with van der Waals surface area (Å²) in [5, 5.41) is 14.1. The van der Waals surface area contributed by atoms with E-state index in [0.29, 0.717) is 62.7 Å². The van der Waals surface area contributed by atoms with Crippen molar-refractivity contribution in [3.63, 3.8) is 0 Å². The van der Waals surface area contributed by atoms with Crippen molar-refractivity contribution in [1.29, 1.82) is 0 Å². The molecule has 0 saturated carbocycles. The van der Waals surface area contributed by atoms with E-state index in [-0.39, 0.29) is 60.6 Å². The van der Waals surface area contributed by atoms with Gasteiger partial charge in [-0.3, -0.25) is 38.8 Å². The fourth-order valence-electron chi connectivity index (χ4n) is 7.57. The molecule has 2 aromatic rings. The minimum absolute atomic E-state index is 0.172. The third kappa shape index (κ3) is 12.8. The summed E-state index contributed by atoms with van der Waals surface area (Å²) in [5.74, 6) is 10.8. The summed E-state index contributed by atoms with van der Waals surface area (Å²) in [6, 6.07) is 14.4. The number of hydrazine groups is 2. The van der Waals surface area contributed by atoms with Crippen molar-refractivity contribution >= 4 is 35.4 Å². The number of rotatable bonds is 21. The zero-order valence-electron chi connectivity index (χ0n) is 34.5. The fraction of sp³-hybridized carbons (Fsp3) is 0.571. The van der Waals surface area contributed by atoms with Crippen molar-refractivity contribution in [3.8, 4) is 0 Å². The van der Waals surface area contributed by atoms with Gasteiger partial charge in [0.1, 0.15) is 12.1 Å². The van der Waals surface area contributed by atoms with Gasteiger partial charge in [-0.2, -0.15) is 0 Å². The van der Waals surface area contributed by atoms with Gasteiger partial charge < -0.3 is 31.1 Å². The van der Waals surface area contributed by atoms with Crippen LogP contribution in [0.1, 0.15) is 98.8 Å². The molecule has 2 aliphatic rings. The number of benzene rings is 2. The minimum Gasteiger partial charge on any atom is -0.343 e. The molecular formula is C42H64N10O6. The van der Waals surface area contributed by atoms with Gasteiger partial charge in [0, 0.05) is 24.2 Å². The summed E-state index contributed by atoms with van der Waals surface area (Å²) in [6.45, 7) is 4.80. The maximum absolute atomic E-state index is 14.0. The highest BCUT2D eigenvalue weighted by Gasteiger charge is 2.37. The molecule has 2 fully saturated rings. The number of amides is 6. The lowest BCUT2D eigenvalue weighted by molar-refractivity contribution is -0.138. The number of likely N-dealkylation sites (tertiary alicyclic amines) is 2. The zero-order valence-corrected chi connectivity index (χ0v) is 34.5. The molecule has 16 nitrogen and oxygen atoms in total. The van der Waals surface area contributed by atoms with E-state index in [1.165, 1.54) is 0 Å². The summed E-state index contributed by atoms with van der Waals surface area (Å²) < 4.78 is 0. The third-order valence-corrected chi connectivity index (χ3v) is 11.3. The Kier molecular flexibility index (Phi) is 18.1. The first-order chi connectivity index (χ1) is 27.9. The Balaban J connectivity index is 1.34. The fourth-order valence-corrected chi connectivity index (χ4v) is 7.57. The third-order valence-electron chi connectivity index (χ3n) is 11.3. The molecule has 6 atom stereocenters. The van der Waals surface area contributed by atoms with E-state index < -0.39 is 24.2 Å². The molecular weight excluding hydrogens is 741 g/mol. The Bertz CT molecular complexity index is 1540. The van der Waals surface area contributed by atoms with Crippen LogP contribution in [0.3, 0.4) is 0 Å². The van der Waals surface area contributed by atoms with Crippen LogP contribution < -0.4 is 33.0 Å². The lowest BCUT2D eigenvalue weighted by Crippen LogP contribution is -2.55. The molecule has 8 N–H and O–H groups in total. The minimum atomic E-state index is -0.764. The van der Waals surface area contributed by atoms with Gasteiger partial charge in [0.25, 0.3) is 11.8 Å². The summed E-state index contributed by atoms with van der Waals surface area (Å²) in [4.78, 5) is 83.5. The molecule has 4 rings (SSSR count). The zero-order chi connectivity index (χ0) is 42.2. The predicted octanol–water partition coefficient (Wildman–Crippen LogP) is 1.53. The number of nitrogens with one attached hydrogen (secondary N) is 4. The molecule has 58 heavy (non-hydrogen) atoms. The highest BCUT2D eigenvalue weighted by Crippen LogP contribution is 2.23. The molecule has 16 heteroatoms. The van der Waals surface area contributed by atoms with Crippen LogP contribution in [0.4, 0.5) is 0 Å². The summed E-state index contributed by atoms with van der Waals surface area (Å²) in [6.07, 6.45) is 6.43. The van der Waals surface area contributed by atoms with E-state index in [0.717, 1.165) is 35.7 Å². The molecule has 0 unspecified atom stereocenters. The van der Waals surface area contributed by atoms with E-state index >= 15 is 0 Å². The van der Waals surface area contributed by atoms with Crippen molar-refractivity contribution in [3.05, 3.63) is 71.8 Å². The molecule has 0 radical (unpaired) electrons. The second kappa shape index (κ2) is 22.9. The molecule has 2 saturated heterocycles. The molecule has 2 aliphatic heterocycles. The van der Waals surface area contributed by atoms with Crippen molar-refractivity contribution < 1.29 is 28.8 Å². The Labute approximate surface area is 342 Å². The second-order valence-electron chi connectivity index (χ2n) is 15.4. The Morgan fingerprint density at radius 1 is 0.621 bits per heavy atom. The topological polar surface area (TPSA) is 216 Å². The lowest BCUT2D eigenvalue weighted by atomic mass is 10.0. The summed E-state index contributed by atoms with van der Waals surface area (Å²) in [7, 11) is 3.36. The van der Waals surface area contributed by atoms with Gasteiger partial charge in [-0.1, -0.05) is 62.1 Å². The van der Waals surface area contributed by atoms with Gasteiger partial charge in [0.15, 0.2) is 0 Å². The van der Waals surface area contributed by atoms with Crippen LogP contribution in [-0.4, -0.2) is 132 Å². The number of carbonyl (C=O) groups excluding carboxylic acids is 6. The highest BCUT2D eigenvalue weighted by molar-refractivity contribution is 5.95. The molecule has 0 bridgehead atoms. The first-order valence-corrected chi connectivity index (χ1v) is 20.7. The second-order valence-corrected chi connectivity index (χ2v) is 15.4. The number of hydrogen-bond donors (Lipinski definition) is 6. The molecule has 2 heterocycles. The van der Waals surface area contributed by atoms with Crippen molar-refractivity contribution in [2.75, 3.05) is 40.3 Å². The quantitative estimate of drug-likeness (QED) is 0.0463. The van der Waals surface area contributed by atoms with E-state index in [1.807, 2.05) is 12.1 Å². The maximum atomic E-state index is 14.0. The van der Waals surface area contributed by atoms with E-state index in [4.69, 9.17) is 11.7 Å². The van der Waals surface area contributed by atoms with Crippen molar-refractivity contribution in [2.45, 2.75) is 114 Å². The predicted molar refractivity (Wildman–Crippen MR) is 221 cm³/mol. The van der Waals surface area contributed by atoms with Crippen LogP contribution in [0, 0.1) is 0 Å². The van der Waals surface area contributed by atoms with Gasteiger partial charge in [-0.25, -0.2) is 11.7 Å². The molecule has 0 aliphatic carbocycles. The average Bonchev–Trinajstić information content (AvgIpc) is 3.92. The Morgan fingerprint density at radius 2 is 0.983 bits per heavy atom. The van der Waals surface area contributed by atoms with Gasteiger partial charge in [-0.15, -0.1) is 0 Å². The number of nitrogens with zero attached hydrogens (tertiary/aromatic N) is 4. The Morgan fingerprint density at radius 3 is 1.33 bits per heavy atom. The average molecular weight is 805 g/mol.